The second kappa shape index (κ2) is 7.11. The van der Waals surface area contributed by atoms with Crippen LogP contribution in [-0.4, -0.2) is 17.4 Å². The molecule has 0 unspecified atom stereocenters. The van der Waals surface area contributed by atoms with Gasteiger partial charge in [-0.1, -0.05) is 56.4 Å². The van der Waals surface area contributed by atoms with Gasteiger partial charge in [0.15, 0.2) is 0 Å². The first-order valence-electron chi connectivity index (χ1n) is 8.66. The lowest BCUT2D eigenvalue weighted by Crippen LogP contribution is -2.35. The lowest BCUT2D eigenvalue weighted by Gasteiger charge is -2.31. The zero-order chi connectivity index (χ0) is 14.5. The van der Waals surface area contributed by atoms with E-state index >= 15 is 0 Å². The molecule has 1 amide bonds. The van der Waals surface area contributed by atoms with Gasteiger partial charge < -0.3 is 4.90 Å². The Bertz CT molecular complexity index is 458. The molecule has 114 valence electrons. The molecular formula is C19H27NO. The fraction of sp³-hybridized carbons (Fsp3) is 0.632. The van der Waals surface area contributed by atoms with Crippen LogP contribution in [0.3, 0.4) is 0 Å². The van der Waals surface area contributed by atoms with Crippen LogP contribution < -0.4 is 0 Å². The molecule has 2 saturated carbocycles. The fourth-order valence-electron chi connectivity index (χ4n) is 4.08. The van der Waals surface area contributed by atoms with E-state index in [1.165, 1.54) is 68.9 Å². The highest BCUT2D eigenvalue weighted by atomic mass is 16.1. The van der Waals surface area contributed by atoms with Gasteiger partial charge in [-0.3, -0.25) is 4.79 Å². The summed E-state index contributed by atoms with van der Waals surface area (Å²) in [6, 6.07) is 9.43. The van der Waals surface area contributed by atoms with Crippen LogP contribution in [0.15, 0.2) is 24.3 Å². The molecule has 2 aliphatic rings. The summed E-state index contributed by atoms with van der Waals surface area (Å²) >= 11 is 0. The van der Waals surface area contributed by atoms with Crippen molar-refractivity contribution in [1.82, 2.24) is 4.90 Å². The van der Waals surface area contributed by atoms with E-state index in [1.54, 1.807) is 0 Å². The van der Waals surface area contributed by atoms with Gasteiger partial charge in [0.05, 0.1) is 0 Å². The summed E-state index contributed by atoms with van der Waals surface area (Å²) in [4.78, 5) is 13.5. The third-order valence-electron chi connectivity index (χ3n) is 5.32. The predicted molar refractivity (Wildman–Crippen MR) is 86.1 cm³/mol. The molecule has 0 radical (unpaired) electrons. The van der Waals surface area contributed by atoms with E-state index in [4.69, 9.17) is 0 Å². The molecule has 0 atom stereocenters. The first-order chi connectivity index (χ1) is 10.4. The second-order valence-corrected chi connectivity index (χ2v) is 6.80. The third-order valence-corrected chi connectivity index (χ3v) is 5.32. The zero-order valence-corrected chi connectivity index (χ0v) is 13.0. The maximum Gasteiger partial charge on any atom is 0.210 e. The van der Waals surface area contributed by atoms with Gasteiger partial charge in [0, 0.05) is 12.6 Å². The van der Waals surface area contributed by atoms with Crippen molar-refractivity contribution in [3.8, 4) is 0 Å². The molecule has 21 heavy (non-hydrogen) atoms. The van der Waals surface area contributed by atoms with Crippen LogP contribution in [-0.2, 0) is 11.3 Å². The average molecular weight is 285 g/mol. The molecule has 0 N–H and O–H groups in total. The molecule has 1 aromatic carbocycles. The van der Waals surface area contributed by atoms with E-state index in [-0.39, 0.29) is 0 Å². The fourth-order valence-corrected chi connectivity index (χ4v) is 4.08. The van der Waals surface area contributed by atoms with E-state index in [1.807, 2.05) is 4.90 Å². The molecule has 3 rings (SSSR count). The minimum Gasteiger partial charge on any atom is -0.338 e. The third kappa shape index (κ3) is 3.66. The van der Waals surface area contributed by atoms with E-state index < -0.39 is 0 Å². The number of carbonyl (C=O) groups is 1. The molecule has 0 bridgehead atoms. The Balaban J connectivity index is 1.67. The highest BCUT2D eigenvalue weighted by Gasteiger charge is 2.21. The van der Waals surface area contributed by atoms with Gasteiger partial charge in [0.2, 0.25) is 6.41 Å². The van der Waals surface area contributed by atoms with Crippen LogP contribution in [0.4, 0.5) is 0 Å². The van der Waals surface area contributed by atoms with Gasteiger partial charge in [0.1, 0.15) is 0 Å². The molecule has 2 heteroatoms. The largest absolute Gasteiger partial charge is 0.338 e. The van der Waals surface area contributed by atoms with Crippen LogP contribution in [0.25, 0.3) is 0 Å². The Morgan fingerprint density at radius 1 is 1.00 bits per heavy atom. The van der Waals surface area contributed by atoms with E-state index in [0.717, 1.165) is 18.9 Å². The molecule has 0 heterocycles. The molecule has 2 fully saturated rings. The van der Waals surface area contributed by atoms with Crippen molar-refractivity contribution < 1.29 is 4.79 Å². The number of amides is 1. The lowest BCUT2D eigenvalue weighted by atomic mass is 9.93. The Hall–Kier alpha value is -1.31. The number of rotatable bonds is 5. The Morgan fingerprint density at radius 3 is 2.43 bits per heavy atom. The van der Waals surface area contributed by atoms with Crippen molar-refractivity contribution in [3.05, 3.63) is 35.4 Å². The van der Waals surface area contributed by atoms with Crippen molar-refractivity contribution in [1.29, 1.82) is 0 Å². The van der Waals surface area contributed by atoms with Crippen LogP contribution in [0.1, 0.15) is 74.8 Å². The second-order valence-electron chi connectivity index (χ2n) is 6.80. The number of benzene rings is 1. The summed E-state index contributed by atoms with van der Waals surface area (Å²) in [7, 11) is 0. The summed E-state index contributed by atoms with van der Waals surface area (Å²) in [5.41, 5.74) is 2.79. The highest BCUT2D eigenvalue weighted by molar-refractivity contribution is 5.48. The summed E-state index contributed by atoms with van der Waals surface area (Å²) in [5, 5.41) is 0. The first-order valence-corrected chi connectivity index (χ1v) is 8.66. The molecule has 1 aromatic rings. The van der Waals surface area contributed by atoms with Gasteiger partial charge >= 0.3 is 0 Å². The van der Waals surface area contributed by atoms with E-state index in [2.05, 4.69) is 24.3 Å². The minimum absolute atomic E-state index is 0.464. The van der Waals surface area contributed by atoms with Crippen LogP contribution in [0.2, 0.25) is 0 Å². The zero-order valence-electron chi connectivity index (χ0n) is 13.0. The highest BCUT2D eigenvalue weighted by Crippen LogP contribution is 2.34. The molecular weight excluding hydrogens is 258 g/mol. The number of carbonyl (C=O) groups excluding carboxylic acids is 1. The maximum absolute atomic E-state index is 11.5. The molecule has 0 aliphatic heterocycles. The predicted octanol–water partition coefficient (Wildman–Crippen LogP) is 4.64. The SMILES string of the molecule is O=CN(Cc1cccc(C2CCCC2)c1)C1CCCCC1. The molecule has 2 nitrogen and oxygen atoms in total. The Labute approximate surface area is 128 Å². The van der Waals surface area contributed by atoms with E-state index in [0.29, 0.717) is 6.04 Å². The van der Waals surface area contributed by atoms with Crippen molar-refractivity contribution in [3.63, 3.8) is 0 Å². The van der Waals surface area contributed by atoms with E-state index in [9.17, 15) is 4.79 Å². The first kappa shape index (κ1) is 14.6. The quantitative estimate of drug-likeness (QED) is 0.722. The molecule has 0 aromatic heterocycles. The van der Waals surface area contributed by atoms with Crippen molar-refractivity contribution in [2.45, 2.75) is 76.3 Å². The molecule has 0 spiro atoms. The van der Waals surface area contributed by atoms with Gasteiger partial charge in [0.25, 0.3) is 0 Å². The summed E-state index contributed by atoms with van der Waals surface area (Å²) in [6.45, 7) is 0.786. The van der Waals surface area contributed by atoms with Gasteiger partial charge in [-0.2, -0.15) is 0 Å². The number of hydrogen-bond acceptors (Lipinski definition) is 1. The van der Waals surface area contributed by atoms with Crippen LogP contribution in [0.5, 0.6) is 0 Å². The Kier molecular flexibility index (Phi) is 4.95. The van der Waals surface area contributed by atoms with Crippen LogP contribution >= 0.6 is 0 Å². The van der Waals surface area contributed by atoms with Gasteiger partial charge in [-0.05, 0) is 42.7 Å². The topological polar surface area (TPSA) is 20.3 Å². The number of hydrogen-bond donors (Lipinski definition) is 0. The molecule has 2 aliphatic carbocycles. The standard InChI is InChI=1S/C19H27NO/c21-15-20(19-11-2-1-3-12-19)14-16-7-6-10-18(13-16)17-8-4-5-9-17/h6-7,10,13,15,17,19H,1-5,8-9,11-12,14H2. The summed E-state index contributed by atoms with van der Waals surface area (Å²) in [5.74, 6) is 0.754. The van der Waals surface area contributed by atoms with Crippen LogP contribution in [0, 0.1) is 0 Å². The molecule has 0 saturated heterocycles. The van der Waals surface area contributed by atoms with Crippen molar-refractivity contribution in [2.75, 3.05) is 0 Å². The normalized spacial score (nSPS) is 20.6. The Morgan fingerprint density at radius 2 is 1.71 bits per heavy atom. The monoisotopic (exact) mass is 285 g/mol. The van der Waals surface area contributed by atoms with Gasteiger partial charge in [-0.25, -0.2) is 0 Å². The maximum atomic E-state index is 11.5. The van der Waals surface area contributed by atoms with Crippen molar-refractivity contribution >= 4 is 6.41 Å². The minimum atomic E-state index is 0.464. The van der Waals surface area contributed by atoms with Gasteiger partial charge in [-0.15, -0.1) is 0 Å². The smallest absolute Gasteiger partial charge is 0.210 e. The summed E-state index contributed by atoms with van der Waals surface area (Å²) < 4.78 is 0. The average Bonchev–Trinajstić information content (AvgIpc) is 3.08. The summed E-state index contributed by atoms with van der Waals surface area (Å²) in [6.07, 6.45) is 12.7. The van der Waals surface area contributed by atoms with Crippen molar-refractivity contribution in [2.24, 2.45) is 0 Å². The number of nitrogens with zero attached hydrogens (tertiary/aromatic N) is 1. The lowest BCUT2D eigenvalue weighted by molar-refractivity contribution is -0.121.